The van der Waals surface area contributed by atoms with Crippen LogP contribution in [0, 0.1) is 6.92 Å². The average molecular weight is 993 g/mol. The van der Waals surface area contributed by atoms with Crippen LogP contribution in [0.25, 0.3) is 77.2 Å². The summed E-state index contributed by atoms with van der Waals surface area (Å²) in [6, 6.07) is 99.5. The lowest BCUT2D eigenvalue weighted by Gasteiger charge is -2.11. The van der Waals surface area contributed by atoms with Crippen molar-refractivity contribution in [1.29, 1.82) is 0 Å². The van der Waals surface area contributed by atoms with Crippen LogP contribution in [-0.2, 0) is 6.42 Å². The fourth-order valence-electron chi connectivity index (χ4n) is 9.49. The minimum atomic E-state index is 0.828. The van der Waals surface area contributed by atoms with Gasteiger partial charge in [-0.1, -0.05) is 246 Å². The second kappa shape index (κ2) is 22.4. The molecule has 2 N–H and O–H groups in total. The van der Waals surface area contributed by atoms with E-state index >= 15 is 0 Å². The molecule has 2 heterocycles. The zero-order chi connectivity index (χ0) is 49.1. The van der Waals surface area contributed by atoms with Crippen LogP contribution in [-0.4, -0.2) is 9.13 Å². The highest BCUT2D eigenvalue weighted by molar-refractivity contribution is 9.10. The Balaban J connectivity index is 0.000000126. The first kappa shape index (κ1) is 47.0. The Morgan fingerprint density at radius 2 is 0.750 bits per heavy atom. The molecule has 2 aromatic heterocycles. The van der Waals surface area contributed by atoms with Crippen LogP contribution in [0.4, 0.5) is 5.69 Å². The van der Waals surface area contributed by atoms with Crippen LogP contribution in [0.3, 0.4) is 0 Å². The Hall–Kier alpha value is -8.70. The number of nitrogens with two attached hydrogens (primary N) is 1. The van der Waals surface area contributed by atoms with Crippen LogP contribution >= 0.6 is 15.9 Å². The van der Waals surface area contributed by atoms with E-state index < -0.39 is 0 Å². The Bertz CT molecular complexity index is 3840. The van der Waals surface area contributed by atoms with E-state index in [4.69, 9.17) is 5.73 Å². The van der Waals surface area contributed by atoms with Crippen LogP contribution in [0.2, 0.25) is 0 Å². The third-order valence-corrected chi connectivity index (χ3v) is 13.4. The third-order valence-electron chi connectivity index (χ3n) is 12.9. The van der Waals surface area contributed by atoms with E-state index in [1.165, 1.54) is 88.4 Å². The topological polar surface area (TPSA) is 35.9 Å². The number of anilines is 1. The summed E-state index contributed by atoms with van der Waals surface area (Å²) in [6.07, 6.45) is 0.900. The molecule has 0 radical (unpaired) electrons. The van der Waals surface area contributed by atoms with Gasteiger partial charge in [0.15, 0.2) is 0 Å². The number of aromatic nitrogens is 2. The minimum Gasteiger partial charge on any atom is -0.398 e. The molecule has 4 heteroatoms. The molecule has 0 unspecified atom stereocenters. The van der Waals surface area contributed by atoms with E-state index in [0.717, 1.165) is 22.1 Å². The number of fused-ring (bicyclic) bond motifs is 6. The summed E-state index contributed by atoms with van der Waals surface area (Å²) in [5, 5.41) is 5.17. The minimum absolute atomic E-state index is 0.828. The normalized spacial score (nSPS) is 10.8. The van der Waals surface area contributed by atoms with E-state index in [1.807, 2.05) is 66.7 Å². The SMILES string of the molecule is Brc1ccc2c3ccccc3n(-c3ccccc3)c2c1.Cc1ccccc1.Nc1ccccc1-c1ccccc1.c1ccc(-c2ccccc2Cc2ccc3c4ccccc4n(-c4ccccc4)c3c2)cc1. The van der Waals surface area contributed by atoms with E-state index in [1.54, 1.807) is 0 Å². The van der Waals surface area contributed by atoms with E-state index in [9.17, 15) is 0 Å². The van der Waals surface area contributed by atoms with Gasteiger partial charge in [0.1, 0.15) is 0 Å². The van der Waals surface area contributed by atoms with Gasteiger partial charge in [0.05, 0.1) is 22.1 Å². The molecule has 72 heavy (non-hydrogen) atoms. The standard InChI is InChI=1S/C31H23N.C18H12BrN.C12H11N.C7H8/c1-3-11-24(12-4-1)27-16-8-7-13-25(27)21-23-19-20-29-28-17-9-10-18-30(28)32(31(29)22-23)26-14-5-2-6-15-26;19-13-10-11-16-15-8-4-5-9-17(15)20(18(16)12-13)14-6-2-1-3-7-14;13-12-9-5-4-8-11(12)10-6-2-1-3-7-10;1-7-5-3-2-4-6-7/h1-20,22H,21H2;1-12H;1-9H,13H2;2-6H,1H3. The smallest absolute Gasteiger partial charge is 0.0552 e. The van der Waals surface area contributed by atoms with Crippen molar-refractivity contribution in [3.63, 3.8) is 0 Å². The number of nitrogens with zero attached hydrogens (tertiary/aromatic N) is 2. The summed E-state index contributed by atoms with van der Waals surface area (Å²) in [5.41, 5.74) is 22.9. The highest BCUT2D eigenvalue weighted by Gasteiger charge is 2.14. The van der Waals surface area contributed by atoms with Crippen molar-refractivity contribution in [3.8, 4) is 33.6 Å². The number of aryl methyl sites for hydroxylation is 1. The molecule has 0 spiro atoms. The molecule has 0 saturated heterocycles. The summed E-state index contributed by atoms with van der Waals surface area (Å²) in [6.45, 7) is 2.08. The lowest BCUT2D eigenvalue weighted by molar-refractivity contribution is 1.16. The predicted molar refractivity (Wildman–Crippen MR) is 311 cm³/mol. The highest BCUT2D eigenvalue weighted by atomic mass is 79.9. The zero-order valence-electron chi connectivity index (χ0n) is 40.2. The van der Waals surface area contributed by atoms with E-state index in [2.05, 4.69) is 250 Å². The molecule has 0 aliphatic heterocycles. The maximum Gasteiger partial charge on any atom is 0.0552 e. The second-order valence-corrected chi connectivity index (χ2v) is 18.6. The van der Waals surface area contributed by atoms with Crippen molar-refractivity contribution in [2.45, 2.75) is 13.3 Å². The quantitative estimate of drug-likeness (QED) is 0.166. The van der Waals surface area contributed by atoms with Gasteiger partial charge in [0.25, 0.3) is 0 Å². The summed E-state index contributed by atoms with van der Waals surface area (Å²) in [5.74, 6) is 0. The Labute approximate surface area is 430 Å². The second-order valence-electron chi connectivity index (χ2n) is 17.7. The summed E-state index contributed by atoms with van der Waals surface area (Å²) in [7, 11) is 0. The van der Waals surface area contributed by atoms with Gasteiger partial charge in [-0.15, -0.1) is 0 Å². The van der Waals surface area contributed by atoms with Crippen LogP contribution in [0.5, 0.6) is 0 Å². The number of benzene rings is 11. The lowest BCUT2D eigenvalue weighted by Crippen LogP contribution is -1.95. The van der Waals surface area contributed by atoms with Gasteiger partial charge in [-0.05, 0) is 102 Å². The van der Waals surface area contributed by atoms with Crippen LogP contribution in [0.15, 0.2) is 290 Å². The fraction of sp³-hybridized carbons (Fsp3) is 0.0294. The maximum absolute atomic E-state index is 5.85. The predicted octanol–water partition coefficient (Wildman–Crippen LogP) is 18.5. The molecule has 11 aromatic carbocycles. The molecule has 13 aromatic rings. The van der Waals surface area contributed by atoms with Crippen molar-refractivity contribution in [2.75, 3.05) is 5.73 Å². The first-order valence-electron chi connectivity index (χ1n) is 24.4. The number of halogens is 1. The van der Waals surface area contributed by atoms with Crippen LogP contribution in [0.1, 0.15) is 16.7 Å². The van der Waals surface area contributed by atoms with Crippen molar-refractivity contribution < 1.29 is 0 Å². The van der Waals surface area contributed by atoms with E-state index in [-0.39, 0.29) is 0 Å². The van der Waals surface area contributed by atoms with E-state index in [0.29, 0.717) is 0 Å². The third kappa shape index (κ3) is 10.6. The van der Waals surface area contributed by atoms with Gasteiger partial charge >= 0.3 is 0 Å². The summed E-state index contributed by atoms with van der Waals surface area (Å²) in [4.78, 5) is 0. The molecule has 0 aliphatic carbocycles. The van der Waals surface area contributed by atoms with Gasteiger partial charge in [-0.2, -0.15) is 0 Å². The monoisotopic (exact) mass is 991 g/mol. The van der Waals surface area contributed by atoms with Gasteiger partial charge in [-0.25, -0.2) is 0 Å². The van der Waals surface area contributed by atoms with Gasteiger partial charge in [0, 0.05) is 48.6 Å². The Kier molecular flexibility index (Phi) is 14.6. The number of hydrogen-bond donors (Lipinski definition) is 1. The molecule has 348 valence electrons. The Morgan fingerprint density at radius 3 is 1.28 bits per heavy atom. The molecule has 0 bridgehead atoms. The lowest BCUT2D eigenvalue weighted by atomic mass is 9.94. The van der Waals surface area contributed by atoms with Gasteiger partial charge in [0.2, 0.25) is 0 Å². The molecule has 0 atom stereocenters. The first-order valence-corrected chi connectivity index (χ1v) is 25.2. The molecule has 13 rings (SSSR count). The molecule has 0 aliphatic rings. The number of rotatable bonds is 6. The van der Waals surface area contributed by atoms with Crippen molar-refractivity contribution in [1.82, 2.24) is 9.13 Å². The number of nitrogen functional groups attached to an aromatic ring is 1. The molecule has 0 saturated carbocycles. The Morgan fingerprint density at radius 1 is 0.347 bits per heavy atom. The molecular weight excluding hydrogens is 939 g/mol. The average Bonchev–Trinajstić information content (AvgIpc) is 3.95. The first-order chi connectivity index (χ1) is 35.5. The summed E-state index contributed by atoms with van der Waals surface area (Å²) < 4.78 is 5.80. The summed E-state index contributed by atoms with van der Waals surface area (Å²) >= 11 is 3.58. The van der Waals surface area contributed by atoms with Crippen molar-refractivity contribution >= 4 is 65.2 Å². The fourth-order valence-corrected chi connectivity index (χ4v) is 9.83. The highest BCUT2D eigenvalue weighted by Crippen LogP contribution is 2.35. The number of hydrogen-bond acceptors (Lipinski definition) is 1. The zero-order valence-corrected chi connectivity index (χ0v) is 41.8. The molecule has 0 fully saturated rings. The molecule has 0 amide bonds. The van der Waals surface area contributed by atoms with Crippen LogP contribution < -0.4 is 5.73 Å². The van der Waals surface area contributed by atoms with Crippen molar-refractivity contribution in [2.24, 2.45) is 0 Å². The van der Waals surface area contributed by atoms with Gasteiger partial charge in [-0.3, -0.25) is 0 Å². The molecular formula is C68H54BrN3. The largest absolute Gasteiger partial charge is 0.398 e. The van der Waals surface area contributed by atoms with Gasteiger partial charge < -0.3 is 14.9 Å². The maximum atomic E-state index is 5.85. The van der Waals surface area contributed by atoms with Crippen molar-refractivity contribution in [3.05, 3.63) is 306 Å². The molecule has 3 nitrogen and oxygen atoms in total. The number of para-hydroxylation sites is 5.